The normalized spacial score (nSPS) is 13.5. The first-order valence-corrected chi connectivity index (χ1v) is 22.4. The Kier molecular flexibility index (Phi) is 15.5. The highest BCUT2D eigenvalue weighted by Crippen LogP contribution is 2.37. The van der Waals surface area contributed by atoms with Gasteiger partial charge in [0.15, 0.2) is 0 Å². The maximum Gasteiger partial charge on any atom is 0.128 e. The van der Waals surface area contributed by atoms with Crippen LogP contribution in [-0.2, 0) is 13.0 Å². The number of aliphatic imine (C=N–C) groups is 1. The molecule has 1 aromatic heterocycles. The number of rotatable bonds is 13. The van der Waals surface area contributed by atoms with Crippen molar-refractivity contribution in [3.63, 3.8) is 0 Å². The Hall–Kier alpha value is -7.05. The minimum absolute atomic E-state index is 0.536. The van der Waals surface area contributed by atoms with Gasteiger partial charge in [0.05, 0.1) is 0 Å². The summed E-state index contributed by atoms with van der Waals surface area (Å²) in [4.78, 5) is 4.40. The molecule has 5 heteroatoms. The zero-order valence-corrected chi connectivity index (χ0v) is 37.1. The van der Waals surface area contributed by atoms with Crippen LogP contribution in [0.3, 0.4) is 0 Å². The smallest absolute Gasteiger partial charge is 0.128 e. The second kappa shape index (κ2) is 22.2. The minimum atomic E-state index is 0.536. The van der Waals surface area contributed by atoms with E-state index >= 15 is 0 Å². The number of nitrogens with zero attached hydrogens (tertiary/aromatic N) is 1. The molecule has 0 fully saturated rings. The molecule has 1 aliphatic carbocycles. The lowest BCUT2D eigenvalue weighted by molar-refractivity contribution is 0.946. The maximum absolute atomic E-state index is 6.71. The van der Waals surface area contributed by atoms with Gasteiger partial charge >= 0.3 is 0 Å². The van der Waals surface area contributed by atoms with Gasteiger partial charge in [-0.3, -0.25) is 4.99 Å². The van der Waals surface area contributed by atoms with Crippen molar-refractivity contribution in [2.45, 2.75) is 32.7 Å². The number of benzene rings is 6. The van der Waals surface area contributed by atoms with Gasteiger partial charge in [0.1, 0.15) is 5.84 Å². The first-order chi connectivity index (χ1) is 30.9. The van der Waals surface area contributed by atoms with Gasteiger partial charge in [0.2, 0.25) is 0 Å². The zero-order chi connectivity index (χ0) is 43.8. The van der Waals surface area contributed by atoms with Crippen LogP contribution in [0.1, 0.15) is 42.0 Å². The van der Waals surface area contributed by atoms with Gasteiger partial charge < -0.3 is 16.8 Å². The molecule has 0 spiro atoms. The number of thiophene rings is 1. The number of allylic oxidation sites excluding steroid dienone is 8. The molecule has 6 aromatic carbocycles. The Balaban J connectivity index is 0.000000213. The quantitative estimate of drug-likeness (QED) is 0.0615. The molecule has 0 unspecified atom stereocenters. The number of amidine groups is 1. The SMILES string of the molecule is C/C(=C\C=C(/N)c1cc(-c2ccccc2)cc(-c2ccccc2)c1)c1ccc2sc3cccc(CN)c3c2c1.C=C/C=C(\C=C/Cc1ccccc1)C(=NC)NCC1=CCCC=C1. The van der Waals surface area contributed by atoms with Crippen molar-refractivity contribution in [2.24, 2.45) is 16.5 Å². The lowest BCUT2D eigenvalue weighted by atomic mass is 9.95. The number of nitrogens with one attached hydrogen (secondary N) is 1. The molecule has 7 aromatic rings. The zero-order valence-electron chi connectivity index (χ0n) is 36.3. The molecule has 0 saturated heterocycles. The largest absolute Gasteiger partial charge is 0.398 e. The fourth-order valence-electron chi connectivity index (χ4n) is 7.68. The first kappa shape index (κ1) is 44.0. The summed E-state index contributed by atoms with van der Waals surface area (Å²) in [5, 5.41) is 5.97. The van der Waals surface area contributed by atoms with Crippen LogP contribution in [0.25, 0.3) is 53.7 Å². The van der Waals surface area contributed by atoms with Crippen molar-refractivity contribution in [3.8, 4) is 22.3 Å². The maximum atomic E-state index is 6.71. The van der Waals surface area contributed by atoms with Crippen LogP contribution in [0.15, 0.2) is 223 Å². The molecule has 0 radical (unpaired) electrons. The van der Waals surface area contributed by atoms with E-state index in [1.165, 1.54) is 53.6 Å². The van der Waals surface area contributed by atoms with Gasteiger partial charge in [-0.15, -0.1) is 11.3 Å². The molecule has 8 rings (SSSR count). The highest BCUT2D eigenvalue weighted by molar-refractivity contribution is 7.25. The first-order valence-electron chi connectivity index (χ1n) is 21.6. The van der Waals surface area contributed by atoms with Gasteiger partial charge in [-0.1, -0.05) is 164 Å². The van der Waals surface area contributed by atoms with E-state index in [1.807, 2.05) is 48.7 Å². The molecular weight excluding hydrogens is 785 g/mol. The fraction of sp³-hybridized carbons (Fsp3) is 0.121. The molecule has 4 nitrogen and oxygen atoms in total. The molecule has 314 valence electrons. The summed E-state index contributed by atoms with van der Waals surface area (Å²) in [6, 6.07) is 51.0. The molecule has 0 bridgehead atoms. The van der Waals surface area contributed by atoms with Crippen molar-refractivity contribution >= 4 is 48.6 Å². The third-order valence-electron chi connectivity index (χ3n) is 11.1. The molecule has 1 heterocycles. The molecule has 1 aliphatic rings. The van der Waals surface area contributed by atoms with E-state index < -0.39 is 0 Å². The van der Waals surface area contributed by atoms with Gasteiger partial charge in [0, 0.05) is 51.6 Å². The lowest BCUT2D eigenvalue weighted by Gasteiger charge is -2.12. The summed E-state index contributed by atoms with van der Waals surface area (Å²) in [6.07, 6.45) is 22.1. The Morgan fingerprint density at radius 2 is 1.43 bits per heavy atom. The van der Waals surface area contributed by atoms with Crippen molar-refractivity contribution in [3.05, 3.63) is 240 Å². The summed E-state index contributed by atoms with van der Waals surface area (Å²) < 4.78 is 2.56. The van der Waals surface area contributed by atoms with Crippen LogP contribution < -0.4 is 16.8 Å². The lowest BCUT2D eigenvalue weighted by Crippen LogP contribution is -2.27. The van der Waals surface area contributed by atoms with E-state index in [2.05, 4.69) is 188 Å². The third-order valence-corrected chi connectivity index (χ3v) is 12.2. The second-order valence-corrected chi connectivity index (χ2v) is 16.5. The second-order valence-electron chi connectivity index (χ2n) is 15.4. The summed E-state index contributed by atoms with van der Waals surface area (Å²) >= 11 is 1.82. The van der Waals surface area contributed by atoms with Crippen LogP contribution in [0.4, 0.5) is 0 Å². The van der Waals surface area contributed by atoms with E-state index in [9.17, 15) is 0 Å². The average Bonchev–Trinajstić information content (AvgIpc) is 3.73. The number of fused-ring (bicyclic) bond motifs is 3. The molecule has 63 heavy (non-hydrogen) atoms. The van der Waals surface area contributed by atoms with E-state index in [0.29, 0.717) is 6.54 Å². The Morgan fingerprint density at radius 1 is 0.730 bits per heavy atom. The standard InChI is InChI=1S/C36H30N2S.C22H26N2/c1-24(27-16-18-34-32(22-27)36-28(23-37)13-8-14-35(36)39-34)15-17-33(38)31-20-29(25-9-4-2-5-10-25)19-30(21-31)26-11-6-3-7-12-26;1-3-11-21(17-10-16-19-12-6-4-7-13-19)22(23-2)24-18-20-14-8-5-9-15-20/h2-22H,23,37-38H2,1H3;3-4,6-8,10-15,17H,1,5,9,16,18H2,2H3,(H,23,24)/b24-15+,33-17-;17-10-,21-11+. The van der Waals surface area contributed by atoms with Gasteiger partial charge in [-0.05, 0) is 124 Å². The molecule has 5 N–H and O–H groups in total. The minimum Gasteiger partial charge on any atom is -0.398 e. The predicted octanol–water partition coefficient (Wildman–Crippen LogP) is 14.0. The molecular formula is C58H56N4S. The molecule has 0 saturated carbocycles. The van der Waals surface area contributed by atoms with E-state index in [4.69, 9.17) is 11.5 Å². The summed E-state index contributed by atoms with van der Waals surface area (Å²) in [7, 11) is 1.81. The van der Waals surface area contributed by atoms with Crippen LogP contribution in [0.5, 0.6) is 0 Å². The topological polar surface area (TPSA) is 76.4 Å². The van der Waals surface area contributed by atoms with Crippen molar-refractivity contribution < 1.29 is 0 Å². The van der Waals surface area contributed by atoms with Crippen LogP contribution in [0.2, 0.25) is 0 Å². The number of hydrogen-bond acceptors (Lipinski definition) is 4. The monoisotopic (exact) mass is 840 g/mol. The fourth-order valence-corrected chi connectivity index (χ4v) is 8.82. The van der Waals surface area contributed by atoms with Crippen molar-refractivity contribution in [1.29, 1.82) is 0 Å². The Labute approximate surface area is 377 Å². The van der Waals surface area contributed by atoms with Crippen molar-refractivity contribution in [2.75, 3.05) is 13.6 Å². The Bertz CT molecular complexity index is 2810. The highest BCUT2D eigenvalue weighted by atomic mass is 32.1. The molecule has 0 atom stereocenters. The van der Waals surface area contributed by atoms with Gasteiger partial charge in [-0.2, -0.15) is 0 Å². The van der Waals surface area contributed by atoms with Crippen molar-refractivity contribution in [1.82, 2.24) is 5.32 Å². The van der Waals surface area contributed by atoms with E-state index in [1.54, 1.807) is 6.08 Å². The third kappa shape index (κ3) is 11.7. The molecule has 0 amide bonds. The van der Waals surface area contributed by atoms with E-state index in [0.717, 1.165) is 65.2 Å². The van der Waals surface area contributed by atoms with Crippen LogP contribution >= 0.6 is 11.3 Å². The Morgan fingerprint density at radius 3 is 2.06 bits per heavy atom. The van der Waals surface area contributed by atoms with Gasteiger partial charge in [-0.25, -0.2) is 0 Å². The molecule has 0 aliphatic heterocycles. The predicted molar refractivity (Wildman–Crippen MR) is 276 cm³/mol. The average molecular weight is 841 g/mol. The van der Waals surface area contributed by atoms with Gasteiger partial charge in [0.25, 0.3) is 0 Å². The van der Waals surface area contributed by atoms with Crippen LogP contribution in [0, 0.1) is 0 Å². The number of nitrogens with two attached hydrogens (primary N) is 2. The number of hydrogen-bond donors (Lipinski definition) is 3. The summed E-state index contributed by atoms with van der Waals surface area (Å²) in [5.41, 5.74) is 26.3. The van der Waals surface area contributed by atoms with Crippen LogP contribution in [-0.4, -0.2) is 19.4 Å². The summed E-state index contributed by atoms with van der Waals surface area (Å²) in [6.45, 7) is 7.29. The van der Waals surface area contributed by atoms with E-state index in [-0.39, 0.29) is 0 Å². The highest BCUT2D eigenvalue weighted by Gasteiger charge is 2.11. The summed E-state index contributed by atoms with van der Waals surface area (Å²) in [5.74, 6) is 0.888.